The Morgan fingerprint density at radius 3 is 2.16 bits per heavy atom. The first-order valence-electron chi connectivity index (χ1n) is 15.2. The van der Waals surface area contributed by atoms with Gasteiger partial charge in [0.15, 0.2) is 0 Å². The lowest BCUT2D eigenvalue weighted by atomic mass is 9.29. The summed E-state index contributed by atoms with van der Waals surface area (Å²) in [4.78, 5) is 13.5. The Balaban J connectivity index is 1.61. The summed E-state index contributed by atoms with van der Waals surface area (Å²) in [6.07, 6.45) is 6.07. The highest BCUT2D eigenvalue weighted by Crippen LogP contribution is 2.78. The van der Waals surface area contributed by atoms with Gasteiger partial charge in [-0.3, -0.25) is 4.79 Å². The van der Waals surface area contributed by atoms with E-state index in [0.29, 0.717) is 41.9 Å². The number of ether oxygens (including phenoxy) is 1. The molecule has 5 rings (SSSR count). The molecule has 37 heavy (non-hydrogen) atoms. The van der Waals surface area contributed by atoms with E-state index in [2.05, 4.69) is 41.5 Å². The Labute approximate surface area is 225 Å². The molecule has 5 aliphatic carbocycles. The van der Waals surface area contributed by atoms with E-state index in [1.807, 2.05) is 6.92 Å². The molecule has 0 aromatic carbocycles. The molecule has 0 aliphatic heterocycles. The molecule has 0 saturated heterocycles. The van der Waals surface area contributed by atoms with Crippen molar-refractivity contribution in [3.05, 3.63) is 0 Å². The summed E-state index contributed by atoms with van der Waals surface area (Å²) in [6, 6.07) is 0. The average Bonchev–Trinajstić information content (AvgIpc) is 2.86. The molecule has 5 saturated carbocycles. The van der Waals surface area contributed by atoms with Crippen molar-refractivity contribution in [2.75, 3.05) is 13.7 Å². The van der Waals surface area contributed by atoms with Crippen molar-refractivity contribution in [1.82, 2.24) is 0 Å². The molecule has 14 atom stereocenters. The largest absolute Gasteiger partial charge is 0.469 e. The number of methoxy groups -OCH3 is 1. The Morgan fingerprint density at radius 2 is 1.54 bits per heavy atom. The van der Waals surface area contributed by atoms with Gasteiger partial charge in [0.2, 0.25) is 0 Å². The van der Waals surface area contributed by atoms with E-state index in [1.165, 1.54) is 0 Å². The summed E-state index contributed by atoms with van der Waals surface area (Å²) < 4.78 is 5.54. The molecular formula is C32H54O5. The topological polar surface area (TPSA) is 87.0 Å². The maximum absolute atomic E-state index is 13.5. The van der Waals surface area contributed by atoms with Crippen LogP contribution in [0.5, 0.6) is 0 Å². The van der Waals surface area contributed by atoms with Crippen LogP contribution in [0.15, 0.2) is 0 Å². The molecule has 0 aromatic heterocycles. The van der Waals surface area contributed by atoms with Crippen LogP contribution in [-0.2, 0) is 9.53 Å². The minimum atomic E-state index is -0.885. The van der Waals surface area contributed by atoms with E-state index < -0.39 is 17.6 Å². The minimum Gasteiger partial charge on any atom is -0.469 e. The lowest BCUT2D eigenvalue weighted by molar-refractivity contribution is -0.286. The highest BCUT2D eigenvalue weighted by atomic mass is 16.5. The van der Waals surface area contributed by atoms with Gasteiger partial charge in [-0.15, -0.1) is 0 Å². The molecule has 0 aromatic rings. The second-order valence-electron chi connectivity index (χ2n) is 15.7. The second-order valence-corrected chi connectivity index (χ2v) is 15.7. The normalized spacial score (nSPS) is 59.4. The number of hydrogen-bond donors (Lipinski definition) is 3. The van der Waals surface area contributed by atoms with E-state index in [1.54, 1.807) is 7.11 Å². The molecule has 5 fully saturated rings. The zero-order valence-corrected chi connectivity index (χ0v) is 24.7. The van der Waals surface area contributed by atoms with Gasteiger partial charge in [-0.05, 0) is 109 Å². The van der Waals surface area contributed by atoms with Crippen LogP contribution in [0.25, 0.3) is 0 Å². The Kier molecular flexibility index (Phi) is 6.54. The summed E-state index contributed by atoms with van der Waals surface area (Å²) in [5.41, 5.74) is -1.02. The van der Waals surface area contributed by atoms with Crippen LogP contribution < -0.4 is 0 Å². The molecule has 0 spiro atoms. The number of carbonyl (C=O) groups excluding carboxylic acids is 1. The van der Waals surface area contributed by atoms with Gasteiger partial charge in [0.1, 0.15) is 0 Å². The van der Waals surface area contributed by atoms with E-state index in [9.17, 15) is 20.1 Å². The van der Waals surface area contributed by atoms with Gasteiger partial charge in [0.25, 0.3) is 0 Å². The highest BCUT2D eigenvalue weighted by molar-refractivity contribution is 5.77. The first-order valence-corrected chi connectivity index (χ1v) is 15.2. The number of aliphatic hydroxyl groups excluding tert-OH is 3. The lowest BCUT2D eigenvalue weighted by Gasteiger charge is -2.75. The molecule has 3 N–H and O–H groups in total. The standard InChI is InChI=1S/C32H54O5/c1-18-9-12-32(27(36)37-8)14-13-31(7)24(25(32)20(18)3)19(2)15-23-28(4)16-21(34)26(35)29(5,17-33)22(28)10-11-30(23,31)6/h18-26,33-35H,9-17H2,1-8H3/t18-,19?,20+,21?,22?,23?,24?,25?,26?,28+,29?,30-,31-,32+/m1/s1. The SMILES string of the molecule is COC(=O)[C@]12CC[C@@H](C)[C@H](C)C1C1C(C)CC3[C@@]4(C)CC(O)C(O)C(C)(CO)C4CC[C@@]3(C)[C@]1(C)CC2. The number of esters is 1. The van der Waals surface area contributed by atoms with Crippen LogP contribution in [0.4, 0.5) is 0 Å². The van der Waals surface area contributed by atoms with Gasteiger partial charge < -0.3 is 20.1 Å². The van der Waals surface area contributed by atoms with E-state index in [-0.39, 0.29) is 40.2 Å². The number of rotatable bonds is 2. The summed E-state index contributed by atoms with van der Waals surface area (Å²) in [6.45, 7) is 16.6. The monoisotopic (exact) mass is 518 g/mol. The first-order chi connectivity index (χ1) is 17.2. The summed E-state index contributed by atoms with van der Waals surface area (Å²) >= 11 is 0. The van der Waals surface area contributed by atoms with Gasteiger partial charge in [-0.1, -0.05) is 48.5 Å². The molecule has 5 nitrogen and oxygen atoms in total. The maximum atomic E-state index is 13.5. The van der Waals surface area contributed by atoms with Crippen molar-refractivity contribution in [3.63, 3.8) is 0 Å². The summed E-state index contributed by atoms with van der Waals surface area (Å²) in [5.74, 6) is 2.96. The zero-order chi connectivity index (χ0) is 27.3. The van der Waals surface area contributed by atoms with Crippen molar-refractivity contribution in [1.29, 1.82) is 0 Å². The lowest BCUT2D eigenvalue weighted by Crippen LogP contribution is -2.71. The fraction of sp³-hybridized carbons (Fsp3) is 0.969. The van der Waals surface area contributed by atoms with Crippen molar-refractivity contribution >= 4 is 5.97 Å². The third kappa shape index (κ3) is 3.29. The molecule has 0 bridgehead atoms. The van der Waals surface area contributed by atoms with E-state index >= 15 is 0 Å². The van der Waals surface area contributed by atoms with Gasteiger partial charge in [0, 0.05) is 5.41 Å². The third-order valence-electron chi connectivity index (χ3n) is 14.6. The molecule has 0 amide bonds. The highest BCUT2D eigenvalue weighted by Gasteiger charge is 2.73. The minimum absolute atomic E-state index is 0.0246. The van der Waals surface area contributed by atoms with Gasteiger partial charge in [0.05, 0.1) is 31.3 Å². The predicted octanol–water partition coefficient (Wildman–Crippen LogP) is 5.45. The Bertz CT molecular complexity index is 921. The zero-order valence-electron chi connectivity index (χ0n) is 24.7. The van der Waals surface area contributed by atoms with Gasteiger partial charge in [-0.25, -0.2) is 0 Å². The fourth-order valence-corrected chi connectivity index (χ4v) is 12.4. The smallest absolute Gasteiger partial charge is 0.312 e. The average molecular weight is 519 g/mol. The van der Waals surface area contributed by atoms with Crippen LogP contribution in [0.1, 0.15) is 99.8 Å². The number of hydrogen-bond acceptors (Lipinski definition) is 5. The quantitative estimate of drug-likeness (QED) is 0.423. The van der Waals surface area contributed by atoms with Crippen LogP contribution in [-0.4, -0.2) is 47.2 Å². The molecule has 5 aliphatic rings. The fourth-order valence-electron chi connectivity index (χ4n) is 12.4. The second kappa shape index (κ2) is 8.67. The number of carbonyl (C=O) groups is 1. The van der Waals surface area contributed by atoms with Crippen molar-refractivity contribution in [2.45, 2.75) is 112 Å². The molecule has 0 radical (unpaired) electrons. The molecule has 8 unspecified atom stereocenters. The first kappa shape index (κ1) is 27.9. The van der Waals surface area contributed by atoms with Crippen LogP contribution in [0.3, 0.4) is 0 Å². The van der Waals surface area contributed by atoms with Gasteiger partial charge >= 0.3 is 5.97 Å². The predicted molar refractivity (Wildman–Crippen MR) is 144 cm³/mol. The van der Waals surface area contributed by atoms with Crippen LogP contribution in [0.2, 0.25) is 0 Å². The molecular weight excluding hydrogens is 464 g/mol. The van der Waals surface area contributed by atoms with Gasteiger partial charge in [-0.2, -0.15) is 0 Å². The summed E-state index contributed by atoms with van der Waals surface area (Å²) in [5, 5.41) is 32.7. The third-order valence-corrected chi connectivity index (χ3v) is 14.6. The molecule has 212 valence electrons. The van der Waals surface area contributed by atoms with Crippen LogP contribution >= 0.6 is 0 Å². The van der Waals surface area contributed by atoms with E-state index in [4.69, 9.17) is 4.74 Å². The molecule has 0 heterocycles. The van der Waals surface area contributed by atoms with Crippen molar-refractivity contribution in [3.8, 4) is 0 Å². The van der Waals surface area contributed by atoms with Crippen molar-refractivity contribution in [2.24, 2.45) is 68.5 Å². The Hall–Kier alpha value is -0.650. The summed E-state index contributed by atoms with van der Waals surface area (Å²) in [7, 11) is 1.58. The van der Waals surface area contributed by atoms with E-state index in [0.717, 1.165) is 44.9 Å². The number of fused-ring (bicyclic) bond motifs is 7. The maximum Gasteiger partial charge on any atom is 0.312 e. The number of aliphatic hydroxyl groups is 3. The molecule has 5 heteroatoms. The van der Waals surface area contributed by atoms with Crippen LogP contribution in [0, 0.1) is 68.5 Å². The Morgan fingerprint density at radius 1 is 0.865 bits per heavy atom. The van der Waals surface area contributed by atoms with Crippen molar-refractivity contribution < 1.29 is 24.9 Å².